The van der Waals surface area contributed by atoms with Gasteiger partial charge in [0.25, 0.3) is 6.43 Å². The predicted molar refractivity (Wildman–Crippen MR) is 37.1 cm³/mol. The van der Waals surface area contributed by atoms with Crippen LogP contribution in [0.4, 0.5) is 8.78 Å². The number of rotatable bonds is 5. The maximum absolute atomic E-state index is 11.7. The van der Waals surface area contributed by atoms with E-state index in [1.54, 1.807) is 0 Å². The van der Waals surface area contributed by atoms with Crippen molar-refractivity contribution in [1.29, 1.82) is 0 Å². The van der Waals surface area contributed by atoms with Gasteiger partial charge in [-0.3, -0.25) is 0 Å². The number of hydrogen-bond donors (Lipinski definition) is 2. The second-order valence-electron chi connectivity index (χ2n) is 2.14. The minimum Gasteiger partial charge on any atom is -0.323 e. The highest BCUT2D eigenvalue weighted by Crippen LogP contribution is 2.00. The molecule has 2 nitrogen and oxygen atoms in total. The zero-order valence-corrected chi connectivity index (χ0v) is 6.11. The van der Waals surface area contributed by atoms with Crippen LogP contribution in [0.3, 0.4) is 0 Å². The highest BCUT2D eigenvalue weighted by Gasteiger charge is 2.13. The maximum Gasteiger partial charge on any atom is 0.253 e. The zero-order valence-electron chi connectivity index (χ0n) is 6.11. The molecule has 0 saturated carbocycles. The summed E-state index contributed by atoms with van der Waals surface area (Å²) in [4.78, 5) is 0. The van der Waals surface area contributed by atoms with E-state index in [4.69, 9.17) is 5.73 Å². The Kier molecular flexibility index (Phi) is 5.43. The third-order valence-corrected chi connectivity index (χ3v) is 1.23. The molecule has 0 aromatic carbocycles. The Balaban J connectivity index is 3.13. The molecule has 0 saturated heterocycles. The zero-order chi connectivity index (χ0) is 7.98. The van der Waals surface area contributed by atoms with Gasteiger partial charge in [0, 0.05) is 0 Å². The van der Waals surface area contributed by atoms with Gasteiger partial charge >= 0.3 is 0 Å². The molecule has 3 N–H and O–H groups in total. The lowest BCUT2D eigenvalue weighted by Crippen LogP contribution is -2.32. The lowest BCUT2D eigenvalue weighted by molar-refractivity contribution is 0.112. The van der Waals surface area contributed by atoms with Crippen LogP contribution >= 0.6 is 0 Å². The minimum absolute atomic E-state index is 0.339. The van der Waals surface area contributed by atoms with Crippen molar-refractivity contribution in [2.45, 2.75) is 25.8 Å². The average molecular weight is 152 g/mol. The van der Waals surface area contributed by atoms with Crippen LogP contribution in [0.2, 0.25) is 0 Å². The molecule has 4 heteroatoms. The molecule has 0 aliphatic carbocycles. The Hall–Kier alpha value is -0.220. The summed E-state index contributed by atoms with van der Waals surface area (Å²) >= 11 is 0. The van der Waals surface area contributed by atoms with Gasteiger partial charge in [-0.2, -0.15) is 0 Å². The highest BCUT2D eigenvalue weighted by atomic mass is 19.3. The summed E-state index contributed by atoms with van der Waals surface area (Å²) < 4.78 is 23.4. The van der Waals surface area contributed by atoms with E-state index in [2.05, 4.69) is 5.32 Å². The summed E-state index contributed by atoms with van der Waals surface area (Å²) in [5.41, 5.74) is 5.07. The van der Waals surface area contributed by atoms with Crippen LogP contribution < -0.4 is 11.1 Å². The largest absolute Gasteiger partial charge is 0.323 e. The number of nitrogens with two attached hydrogens (primary N) is 1. The molecule has 0 radical (unpaired) electrons. The van der Waals surface area contributed by atoms with Crippen LogP contribution in [0, 0.1) is 0 Å². The van der Waals surface area contributed by atoms with E-state index >= 15 is 0 Å². The van der Waals surface area contributed by atoms with Crippen molar-refractivity contribution in [3.05, 3.63) is 0 Å². The Morgan fingerprint density at radius 1 is 1.50 bits per heavy atom. The van der Waals surface area contributed by atoms with Gasteiger partial charge in [-0.15, -0.1) is 0 Å². The number of hydrogen-bond acceptors (Lipinski definition) is 2. The molecule has 0 heterocycles. The molecule has 1 atom stereocenters. The van der Waals surface area contributed by atoms with Crippen LogP contribution in [-0.2, 0) is 0 Å². The van der Waals surface area contributed by atoms with E-state index in [1.807, 2.05) is 6.92 Å². The van der Waals surface area contributed by atoms with E-state index < -0.39 is 12.5 Å². The summed E-state index contributed by atoms with van der Waals surface area (Å²) in [6.07, 6.45) is -2.05. The van der Waals surface area contributed by atoms with Crippen LogP contribution in [0.25, 0.3) is 0 Å². The van der Waals surface area contributed by atoms with Crippen molar-refractivity contribution < 1.29 is 8.78 Å². The average Bonchev–Trinajstić information content (AvgIpc) is 1.88. The van der Waals surface area contributed by atoms with Gasteiger partial charge in [-0.1, -0.05) is 6.92 Å². The molecule has 0 fully saturated rings. The van der Waals surface area contributed by atoms with Crippen molar-refractivity contribution in [3.63, 3.8) is 0 Å². The lowest BCUT2D eigenvalue weighted by atomic mass is 10.2. The monoisotopic (exact) mass is 152 g/mol. The van der Waals surface area contributed by atoms with E-state index in [1.165, 1.54) is 0 Å². The third-order valence-electron chi connectivity index (χ3n) is 1.23. The topological polar surface area (TPSA) is 38.0 Å². The Bertz CT molecular complexity index is 78.1. The Morgan fingerprint density at radius 2 is 2.10 bits per heavy atom. The van der Waals surface area contributed by atoms with E-state index in [0.29, 0.717) is 13.0 Å². The van der Waals surface area contributed by atoms with Crippen molar-refractivity contribution >= 4 is 0 Å². The fourth-order valence-electron chi connectivity index (χ4n) is 0.571. The molecular weight excluding hydrogens is 138 g/mol. The molecule has 0 spiro atoms. The van der Waals surface area contributed by atoms with Crippen molar-refractivity contribution in [1.82, 2.24) is 5.32 Å². The summed E-state index contributed by atoms with van der Waals surface area (Å²) in [5.74, 6) is 0. The normalized spacial score (nSPS) is 14.1. The van der Waals surface area contributed by atoms with Gasteiger partial charge in [0.15, 0.2) is 0 Å². The number of nitrogens with one attached hydrogen (secondary N) is 1. The highest BCUT2D eigenvalue weighted by molar-refractivity contribution is 4.64. The summed E-state index contributed by atoms with van der Waals surface area (Å²) in [5, 5.41) is 2.92. The van der Waals surface area contributed by atoms with E-state index in [9.17, 15) is 8.78 Å². The first-order valence-electron chi connectivity index (χ1n) is 3.43. The first kappa shape index (κ1) is 9.78. The quantitative estimate of drug-likeness (QED) is 0.565. The van der Waals surface area contributed by atoms with Gasteiger partial charge in [0.1, 0.15) is 0 Å². The SMILES string of the molecule is CCNCCC(N)C(F)F. The molecule has 0 rings (SSSR count). The number of alkyl halides is 2. The van der Waals surface area contributed by atoms with Gasteiger partial charge in [-0.25, -0.2) is 8.78 Å². The van der Waals surface area contributed by atoms with Crippen LogP contribution in [0.5, 0.6) is 0 Å². The molecule has 62 valence electrons. The molecule has 0 aromatic heterocycles. The molecule has 0 amide bonds. The fourth-order valence-corrected chi connectivity index (χ4v) is 0.571. The first-order valence-corrected chi connectivity index (χ1v) is 3.43. The second kappa shape index (κ2) is 5.56. The van der Waals surface area contributed by atoms with Crippen molar-refractivity contribution in [3.8, 4) is 0 Å². The van der Waals surface area contributed by atoms with Gasteiger partial charge in [-0.05, 0) is 19.5 Å². The summed E-state index contributed by atoms with van der Waals surface area (Å²) in [6, 6.07) is -0.973. The molecule has 10 heavy (non-hydrogen) atoms. The number of halogens is 2. The second-order valence-corrected chi connectivity index (χ2v) is 2.14. The molecule has 0 aromatic rings. The van der Waals surface area contributed by atoms with Crippen LogP contribution in [0.15, 0.2) is 0 Å². The predicted octanol–water partition coefficient (Wildman–Crippen LogP) is 0.578. The summed E-state index contributed by atoms with van der Waals surface area (Å²) in [7, 11) is 0. The minimum atomic E-state index is -2.39. The van der Waals surface area contributed by atoms with Gasteiger partial charge < -0.3 is 11.1 Å². The van der Waals surface area contributed by atoms with Gasteiger partial charge in [0.05, 0.1) is 6.04 Å². The Morgan fingerprint density at radius 3 is 2.50 bits per heavy atom. The molecule has 0 aliphatic heterocycles. The first-order chi connectivity index (χ1) is 4.68. The van der Waals surface area contributed by atoms with Crippen LogP contribution in [-0.4, -0.2) is 25.6 Å². The molecule has 0 aliphatic rings. The van der Waals surface area contributed by atoms with Gasteiger partial charge in [0.2, 0.25) is 0 Å². The fraction of sp³-hybridized carbons (Fsp3) is 1.00. The van der Waals surface area contributed by atoms with Crippen molar-refractivity contribution in [2.24, 2.45) is 5.73 Å². The lowest BCUT2D eigenvalue weighted by Gasteiger charge is -2.09. The van der Waals surface area contributed by atoms with E-state index in [0.717, 1.165) is 6.54 Å². The molecular formula is C6H14F2N2. The third kappa shape index (κ3) is 4.64. The molecule has 0 bridgehead atoms. The standard InChI is InChI=1S/C6H14F2N2/c1-2-10-4-3-5(9)6(7)8/h5-6,10H,2-4,9H2,1H3. The van der Waals surface area contributed by atoms with E-state index in [-0.39, 0.29) is 0 Å². The maximum atomic E-state index is 11.7. The van der Waals surface area contributed by atoms with Crippen LogP contribution in [0.1, 0.15) is 13.3 Å². The van der Waals surface area contributed by atoms with Crippen molar-refractivity contribution in [2.75, 3.05) is 13.1 Å². The Labute approximate surface area is 59.8 Å². The molecule has 1 unspecified atom stereocenters. The summed E-state index contributed by atoms with van der Waals surface area (Å²) in [6.45, 7) is 3.30. The smallest absolute Gasteiger partial charge is 0.253 e.